The summed E-state index contributed by atoms with van der Waals surface area (Å²) in [4.78, 5) is 0. The average Bonchev–Trinajstić information content (AvgIpc) is 1.99. The third-order valence-corrected chi connectivity index (χ3v) is 2.14. The average molecular weight is 156 g/mol. The van der Waals surface area contributed by atoms with Crippen LogP contribution in [0, 0.1) is 0 Å². The highest BCUT2D eigenvalue weighted by Crippen LogP contribution is 2.17. The number of aliphatic hydroxyl groups is 1. The van der Waals surface area contributed by atoms with Crippen molar-refractivity contribution in [3.63, 3.8) is 0 Å². The first-order valence-electron chi connectivity index (χ1n) is 4.45. The summed E-state index contributed by atoms with van der Waals surface area (Å²) < 4.78 is 0. The van der Waals surface area contributed by atoms with Crippen LogP contribution in [0.3, 0.4) is 0 Å². The normalized spacial score (nSPS) is 15.9. The van der Waals surface area contributed by atoms with Gasteiger partial charge in [0.2, 0.25) is 0 Å². The Morgan fingerprint density at radius 2 is 2.09 bits per heavy atom. The molecule has 1 nitrogen and oxygen atoms in total. The molecule has 66 valence electrons. The van der Waals surface area contributed by atoms with E-state index in [1.54, 1.807) is 0 Å². The van der Waals surface area contributed by atoms with Crippen LogP contribution in [0.4, 0.5) is 0 Å². The fourth-order valence-corrected chi connectivity index (χ4v) is 0.971. The maximum atomic E-state index is 9.60. The van der Waals surface area contributed by atoms with Crippen molar-refractivity contribution in [2.24, 2.45) is 0 Å². The molecule has 0 aromatic rings. The highest BCUT2D eigenvalue weighted by atomic mass is 16.3. The Morgan fingerprint density at radius 3 is 2.55 bits per heavy atom. The Morgan fingerprint density at radius 1 is 1.45 bits per heavy atom. The molecule has 0 radical (unpaired) electrons. The van der Waals surface area contributed by atoms with Crippen LogP contribution in [0.2, 0.25) is 0 Å². The zero-order chi connectivity index (χ0) is 8.74. The second kappa shape index (κ2) is 5.36. The van der Waals surface area contributed by atoms with Crippen molar-refractivity contribution in [1.29, 1.82) is 0 Å². The van der Waals surface area contributed by atoms with E-state index in [0.29, 0.717) is 0 Å². The van der Waals surface area contributed by atoms with Gasteiger partial charge in [-0.15, -0.1) is 6.58 Å². The molecule has 0 heterocycles. The van der Waals surface area contributed by atoms with E-state index in [-0.39, 0.29) is 0 Å². The molecule has 0 amide bonds. The van der Waals surface area contributed by atoms with Crippen LogP contribution in [0.25, 0.3) is 0 Å². The molecular weight excluding hydrogens is 136 g/mol. The van der Waals surface area contributed by atoms with Gasteiger partial charge in [0, 0.05) is 0 Å². The molecule has 0 aliphatic heterocycles. The van der Waals surface area contributed by atoms with Gasteiger partial charge in [-0.05, 0) is 32.6 Å². The predicted octanol–water partition coefficient (Wildman–Crippen LogP) is 2.89. The van der Waals surface area contributed by atoms with Gasteiger partial charge in [0.25, 0.3) is 0 Å². The van der Waals surface area contributed by atoms with Gasteiger partial charge >= 0.3 is 0 Å². The van der Waals surface area contributed by atoms with Crippen LogP contribution in [0.15, 0.2) is 12.7 Å². The number of unbranched alkanes of at least 4 members (excludes halogenated alkanes) is 2. The molecule has 0 bridgehead atoms. The van der Waals surface area contributed by atoms with Crippen molar-refractivity contribution in [3.8, 4) is 0 Å². The Hall–Kier alpha value is -0.300. The van der Waals surface area contributed by atoms with Crippen LogP contribution in [0.5, 0.6) is 0 Å². The lowest BCUT2D eigenvalue weighted by Crippen LogP contribution is -2.22. The first kappa shape index (κ1) is 10.7. The molecule has 0 aromatic carbocycles. The molecule has 0 saturated carbocycles. The zero-order valence-electron chi connectivity index (χ0n) is 7.77. The summed E-state index contributed by atoms with van der Waals surface area (Å²) in [5.41, 5.74) is -0.443. The molecule has 1 N–H and O–H groups in total. The van der Waals surface area contributed by atoms with Gasteiger partial charge in [0.15, 0.2) is 0 Å². The summed E-state index contributed by atoms with van der Waals surface area (Å²) >= 11 is 0. The molecule has 0 aliphatic rings. The minimum Gasteiger partial charge on any atom is -0.390 e. The lowest BCUT2D eigenvalue weighted by atomic mass is 9.96. The van der Waals surface area contributed by atoms with Crippen LogP contribution >= 0.6 is 0 Å². The Kier molecular flexibility index (Phi) is 5.22. The molecule has 11 heavy (non-hydrogen) atoms. The SMILES string of the molecule is C=CCCCCC(C)(O)CC. The van der Waals surface area contributed by atoms with Crippen molar-refractivity contribution in [3.05, 3.63) is 12.7 Å². The van der Waals surface area contributed by atoms with Gasteiger partial charge < -0.3 is 5.11 Å². The van der Waals surface area contributed by atoms with Crippen LogP contribution in [-0.2, 0) is 0 Å². The Labute approximate surface area is 70.1 Å². The van der Waals surface area contributed by atoms with E-state index < -0.39 is 5.60 Å². The standard InChI is InChI=1S/C10H20O/c1-4-6-7-8-9-10(3,11)5-2/h4,11H,1,5-9H2,2-3H3. The fourth-order valence-electron chi connectivity index (χ4n) is 0.971. The topological polar surface area (TPSA) is 20.2 Å². The Balaban J connectivity index is 3.29. The maximum absolute atomic E-state index is 9.60. The molecule has 1 atom stereocenters. The molecule has 0 aliphatic carbocycles. The molecule has 0 saturated heterocycles. The second-order valence-corrected chi connectivity index (χ2v) is 3.38. The summed E-state index contributed by atoms with van der Waals surface area (Å²) in [6.45, 7) is 7.58. The zero-order valence-corrected chi connectivity index (χ0v) is 7.77. The number of hydrogen-bond donors (Lipinski definition) is 1. The van der Waals surface area contributed by atoms with Gasteiger partial charge in [0.1, 0.15) is 0 Å². The first-order valence-corrected chi connectivity index (χ1v) is 4.45. The third kappa shape index (κ3) is 6.11. The summed E-state index contributed by atoms with van der Waals surface area (Å²) in [5.74, 6) is 0. The summed E-state index contributed by atoms with van der Waals surface area (Å²) in [6, 6.07) is 0. The number of allylic oxidation sites excluding steroid dienone is 1. The maximum Gasteiger partial charge on any atom is 0.0617 e. The van der Waals surface area contributed by atoms with E-state index in [1.807, 2.05) is 19.9 Å². The van der Waals surface area contributed by atoms with Crippen molar-refractivity contribution < 1.29 is 5.11 Å². The third-order valence-electron chi connectivity index (χ3n) is 2.14. The van der Waals surface area contributed by atoms with Crippen molar-refractivity contribution in [2.75, 3.05) is 0 Å². The molecule has 0 spiro atoms. The largest absolute Gasteiger partial charge is 0.390 e. The van der Waals surface area contributed by atoms with Crippen molar-refractivity contribution >= 4 is 0 Å². The summed E-state index contributed by atoms with van der Waals surface area (Å²) in [5, 5.41) is 9.60. The highest BCUT2D eigenvalue weighted by molar-refractivity contribution is 4.71. The van der Waals surface area contributed by atoms with E-state index in [0.717, 1.165) is 32.1 Å². The van der Waals surface area contributed by atoms with E-state index in [2.05, 4.69) is 6.58 Å². The minimum atomic E-state index is -0.443. The first-order chi connectivity index (χ1) is 5.12. The minimum absolute atomic E-state index is 0.443. The van der Waals surface area contributed by atoms with Gasteiger partial charge in [0.05, 0.1) is 5.60 Å². The summed E-state index contributed by atoms with van der Waals surface area (Å²) in [6.07, 6.45) is 7.02. The quantitative estimate of drug-likeness (QED) is 0.463. The number of hydrogen-bond acceptors (Lipinski definition) is 1. The molecular formula is C10H20O. The lowest BCUT2D eigenvalue weighted by Gasteiger charge is -2.20. The lowest BCUT2D eigenvalue weighted by molar-refractivity contribution is 0.0445. The highest BCUT2D eigenvalue weighted by Gasteiger charge is 2.15. The van der Waals surface area contributed by atoms with E-state index in [4.69, 9.17) is 0 Å². The van der Waals surface area contributed by atoms with Crippen molar-refractivity contribution in [1.82, 2.24) is 0 Å². The Bertz CT molecular complexity index is 105. The molecule has 1 unspecified atom stereocenters. The number of rotatable bonds is 6. The van der Waals surface area contributed by atoms with Crippen LogP contribution in [0.1, 0.15) is 46.0 Å². The predicted molar refractivity (Wildman–Crippen MR) is 49.6 cm³/mol. The van der Waals surface area contributed by atoms with Gasteiger partial charge in [-0.25, -0.2) is 0 Å². The molecule has 0 aromatic heterocycles. The van der Waals surface area contributed by atoms with Crippen molar-refractivity contribution in [2.45, 2.75) is 51.6 Å². The van der Waals surface area contributed by atoms with Gasteiger partial charge in [-0.1, -0.05) is 19.4 Å². The summed E-state index contributed by atoms with van der Waals surface area (Å²) in [7, 11) is 0. The van der Waals surface area contributed by atoms with E-state index in [1.165, 1.54) is 0 Å². The van der Waals surface area contributed by atoms with E-state index in [9.17, 15) is 5.11 Å². The van der Waals surface area contributed by atoms with Crippen LogP contribution < -0.4 is 0 Å². The van der Waals surface area contributed by atoms with Gasteiger partial charge in [-0.2, -0.15) is 0 Å². The monoisotopic (exact) mass is 156 g/mol. The van der Waals surface area contributed by atoms with Gasteiger partial charge in [-0.3, -0.25) is 0 Å². The molecule has 1 heteroatoms. The van der Waals surface area contributed by atoms with E-state index >= 15 is 0 Å². The smallest absolute Gasteiger partial charge is 0.0617 e. The molecule has 0 rings (SSSR count). The van der Waals surface area contributed by atoms with Crippen LogP contribution in [-0.4, -0.2) is 10.7 Å². The second-order valence-electron chi connectivity index (χ2n) is 3.38. The molecule has 0 fully saturated rings. The fraction of sp³-hybridized carbons (Fsp3) is 0.800.